The van der Waals surface area contributed by atoms with Gasteiger partial charge in [-0.15, -0.1) is 0 Å². The minimum atomic E-state index is -0.0423. The van der Waals surface area contributed by atoms with Crippen LogP contribution in [-0.2, 0) is 0 Å². The van der Waals surface area contributed by atoms with Crippen LogP contribution in [0.3, 0.4) is 0 Å². The number of hydrogen-bond acceptors (Lipinski definition) is 3. The van der Waals surface area contributed by atoms with Crippen molar-refractivity contribution in [2.45, 2.75) is 12.8 Å². The molecule has 2 aromatic heterocycles. The highest BCUT2D eigenvalue weighted by Crippen LogP contribution is 2.27. The first kappa shape index (κ1) is 15.8. The fraction of sp³-hybridized carbons (Fsp3) is 0.100. The van der Waals surface area contributed by atoms with Crippen molar-refractivity contribution in [2.24, 2.45) is 0 Å². The zero-order chi connectivity index (χ0) is 17.2. The third-order valence-electron chi connectivity index (χ3n) is 4.16. The molecule has 1 N–H and O–H groups in total. The topological polar surface area (TPSA) is 46.9 Å². The number of anilines is 1. The number of rotatable bonds is 3. The highest BCUT2D eigenvalue weighted by molar-refractivity contribution is 9.10. The van der Waals surface area contributed by atoms with Crippen LogP contribution in [0.2, 0.25) is 0 Å². The van der Waals surface area contributed by atoms with Crippen molar-refractivity contribution in [3.05, 3.63) is 87.4 Å². The second-order valence-corrected chi connectivity index (χ2v) is 6.70. The average molecular weight is 394 g/mol. The maximum absolute atomic E-state index is 12.7. The molecule has 1 aliphatic carbocycles. The Morgan fingerprint density at radius 1 is 1.12 bits per heavy atom. The summed E-state index contributed by atoms with van der Waals surface area (Å²) in [4.78, 5) is 17.0. The SMILES string of the molecule is O=c1cc(NC2=CCCC=C2)n(-c2ccccc2)c2cncc(Br)c12. The van der Waals surface area contributed by atoms with Gasteiger partial charge in [-0.2, -0.15) is 0 Å². The molecule has 0 fully saturated rings. The van der Waals surface area contributed by atoms with Gasteiger partial charge in [0.1, 0.15) is 5.82 Å². The van der Waals surface area contributed by atoms with E-state index in [0.717, 1.165) is 35.6 Å². The van der Waals surface area contributed by atoms with Crippen LogP contribution < -0.4 is 10.7 Å². The molecule has 0 amide bonds. The van der Waals surface area contributed by atoms with Gasteiger partial charge in [0, 0.05) is 28.1 Å². The van der Waals surface area contributed by atoms with E-state index in [1.807, 2.05) is 41.0 Å². The minimum absolute atomic E-state index is 0.0423. The lowest BCUT2D eigenvalue weighted by Gasteiger charge is -2.19. The van der Waals surface area contributed by atoms with E-state index in [4.69, 9.17) is 0 Å². The Morgan fingerprint density at radius 3 is 2.72 bits per heavy atom. The number of nitrogens with zero attached hydrogens (tertiary/aromatic N) is 2. The Kier molecular flexibility index (Phi) is 4.24. The van der Waals surface area contributed by atoms with Gasteiger partial charge in [0.15, 0.2) is 5.43 Å². The molecule has 0 spiro atoms. The Bertz CT molecular complexity index is 1050. The van der Waals surface area contributed by atoms with Gasteiger partial charge in [0.2, 0.25) is 0 Å². The van der Waals surface area contributed by atoms with Gasteiger partial charge >= 0.3 is 0 Å². The van der Waals surface area contributed by atoms with Crippen molar-refractivity contribution in [3.63, 3.8) is 0 Å². The summed E-state index contributed by atoms with van der Waals surface area (Å²) in [5.41, 5.74) is 2.68. The number of halogens is 1. The lowest BCUT2D eigenvalue weighted by molar-refractivity contribution is 1.01. The van der Waals surface area contributed by atoms with Crippen LogP contribution >= 0.6 is 15.9 Å². The maximum atomic E-state index is 12.7. The summed E-state index contributed by atoms with van der Waals surface area (Å²) in [7, 11) is 0. The molecule has 0 aliphatic heterocycles. The van der Waals surface area contributed by atoms with Gasteiger partial charge in [-0.1, -0.05) is 30.4 Å². The summed E-state index contributed by atoms with van der Waals surface area (Å²) >= 11 is 3.46. The van der Waals surface area contributed by atoms with Gasteiger partial charge in [0.25, 0.3) is 0 Å². The predicted octanol–water partition coefficient (Wildman–Crippen LogP) is 4.79. The van der Waals surface area contributed by atoms with E-state index in [1.54, 1.807) is 18.5 Å². The molecule has 4 nitrogen and oxygen atoms in total. The van der Waals surface area contributed by atoms with Crippen molar-refractivity contribution in [3.8, 4) is 5.69 Å². The summed E-state index contributed by atoms with van der Waals surface area (Å²) in [5.74, 6) is 0.724. The number of allylic oxidation sites excluding steroid dienone is 3. The lowest BCUT2D eigenvalue weighted by atomic mass is 10.1. The molecule has 0 bridgehead atoms. The van der Waals surface area contributed by atoms with Crippen LogP contribution in [0.4, 0.5) is 5.82 Å². The lowest BCUT2D eigenvalue weighted by Crippen LogP contribution is -2.15. The van der Waals surface area contributed by atoms with Crippen molar-refractivity contribution in [1.29, 1.82) is 0 Å². The van der Waals surface area contributed by atoms with E-state index < -0.39 is 0 Å². The predicted molar refractivity (Wildman–Crippen MR) is 105 cm³/mol. The van der Waals surface area contributed by atoms with Gasteiger partial charge < -0.3 is 5.32 Å². The van der Waals surface area contributed by atoms with Gasteiger partial charge in [0.05, 0.1) is 17.1 Å². The number of benzene rings is 1. The van der Waals surface area contributed by atoms with Crippen molar-refractivity contribution < 1.29 is 0 Å². The van der Waals surface area contributed by atoms with E-state index in [0.29, 0.717) is 9.86 Å². The third kappa shape index (κ3) is 3.03. The molecule has 124 valence electrons. The smallest absolute Gasteiger partial charge is 0.192 e. The molecule has 0 atom stereocenters. The molecule has 25 heavy (non-hydrogen) atoms. The molecule has 5 heteroatoms. The summed E-state index contributed by atoms with van der Waals surface area (Å²) in [5, 5.41) is 4.02. The number of para-hydroxylation sites is 1. The first-order valence-electron chi connectivity index (χ1n) is 8.12. The standard InChI is InChI=1S/C20H16BrN3O/c21-16-12-22-13-17-20(16)18(25)11-19(23-14-7-3-1-4-8-14)24(17)15-9-5-2-6-10-15/h2-3,5-13,23H,1,4H2. The van der Waals surface area contributed by atoms with Crippen molar-refractivity contribution in [1.82, 2.24) is 9.55 Å². The Hall–Kier alpha value is -2.66. The highest BCUT2D eigenvalue weighted by atomic mass is 79.9. The van der Waals surface area contributed by atoms with Crippen LogP contribution in [-0.4, -0.2) is 9.55 Å². The van der Waals surface area contributed by atoms with Crippen LogP contribution in [0, 0.1) is 0 Å². The molecule has 3 aromatic rings. The van der Waals surface area contributed by atoms with Gasteiger partial charge in [-0.3, -0.25) is 14.3 Å². The second-order valence-electron chi connectivity index (χ2n) is 5.84. The molecule has 2 heterocycles. The van der Waals surface area contributed by atoms with Crippen molar-refractivity contribution >= 4 is 32.7 Å². The zero-order valence-electron chi connectivity index (χ0n) is 13.4. The third-order valence-corrected chi connectivity index (χ3v) is 4.76. The Labute approximate surface area is 153 Å². The minimum Gasteiger partial charge on any atom is -0.342 e. The van der Waals surface area contributed by atoms with Crippen molar-refractivity contribution in [2.75, 3.05) is 5.32 Å². The van der Waals surface area contributed by atoms with E-state index in [-0.39, 0.29) is 5.43 Å². The normalized spacial score (nSPS) is 13.7. The molecule has 1 aromatic carbocycles. The van der Waals surface area contributed by atoms with Crippen LogP contribution in [0.15, 0.2) is 82.0 Å². The number of aromatic nitrogens is 2. The summed E-state index contributed by atoms with van der Waals surface area (Å²) < 4.78 is 2.72. The van der Waals surface area contributed by atoms with E-state index in [2.05, 4.69) is 38.4 Å². The van der Waals surface area contributed by atoms with E-state index in [1.165, 1.54) is 0 Å². The Balaban J connectivity index is 2.00. The molecular formula is C20H16BrN3O. The molecule has 1 aliphatic rings. The number of pyridine rings is 2. The first-order chi connectivity index (χ1) is 12.2. The molecular weight excluding hydrogens is 378 g/mol. The zero-order valence-corrected chi connectivity index (χ0v) is 15.0. The quantitative estimate of drug-likeness (QED) is 0.695. The summed E-state index contributed by atoms with van der Waals surface area (Å²) in [6.07, 6.45) is 11.7. The fourth-order valence-corrected chi connectivity index (χ4v) is 3.55. The molecule has 4 rings (SSSR count). The van der Waals surface area contributed by atoms with Crippen LogP contribution in [0.1, 0.15) is 12.8 Å². The fourth-order valence-electron chi connectivity index (χ4n) is 3.03. The van der Waals surface area contributed by atoms with Crippen LogP contribution in [0.5, 0.6) is 0 Å². The number of hydrogen-bond donors (Lipinski definition) is 1. The average Bonchev–Trinajstić information content (AvgIpc) is 2.63. The largest absolute Gasteiger partial charge is 0.342 e. The number of nitrogens with one attached hydrogen (secondary N) is 1. The van der Waals surface area contributed by atoms with Gasteiger partial charge in [-0.05, 0) is 47.0 Å². The van der Waals surface area contributed by atoms with Gasteiger partial charge in [-0.25, -0.2) is 0 Å². The molecule has 0 saturated carbocycles. The van der Waals surface area contributed by atoms with E-state index in [9.17, 15) is 4.79 Å². The molecule has 0 radical (unpaired) electrons. The maximum Gasteiger partial charge on any atom is 0.192 e. The molecule has 0 unspecified atom stereocenters. The summed E-state index contributed by atoms with van der Waals surface area (Å²) in [6, 6.07) is 11.6. The summed E-state index contributed by atoms with van der Waals surface area (Å²) in [6.45, 7) is 0. The van der Waals surface area contributed by atoms with Crippen LogP contribution in [0.25, 0.3) is 16.6 Å². The molecule has 0 saturated heterocycles. The Morgan fingerprint density at radius 2 is 1.96 bits per heavy atom. The number of fused-ring (bicyclic) bond motifs is 1. The first-order valence-corrected chi connectivity index (χ1v) is 8.92. The highest BCUT2D eigenvalue weighted by Gasteiger charge is 2.14. The van der Waals surface area contributed by atoms with E-state index >= 15 is 0 Å². The second kappa shape index (κ2) is 6.69. The monoisotopic (exact) mass is 393 g/mol.